The Labute approximate surface area is 153 Å². The summed E-state index contributed by atoms with van der Waals surface area (Å²) in [6.45, 7) is 2.80. The Morgan fingerprint density at radius 3 is 2.62 bits per heavy atom. The van der Waals surface area contributed by atoms with Crippen LogP contribution in [0.25, 0.3) is 22.2 Å². The van der Waals surface area contributed by atoms with E-state index in [2.05, 4.69) is 17.2 Å². The molecular weight excluding hydrogens is 327 g/mol. The van der Waals surface area contributed by atoms with Crippen LogP contribution in [-0.4, -0.2) is 17.4 Å². The molecule has 0 fully saturated rings. The standard InChI is InChI=1S/C22H23FN2O/c1-2-3-4-9-14-24-22(26)18-15-21(17-11-5-7-12-19(17)23)25-20-13-8-6-10-16(18)20/h5-8,10-13,15H,2-4,9,14H2,1H3,(H,24,26). The van der Waals surface area contributed by atoms with Crippen LogP contribution in [0.5, 0.6) is 0 Å². The Balaban J connectivity index is 1.93. The molecule has 1 N–H and O–H groups in total. The van der Waals surface area contributed by atoms with Crippen LogP contribution in [0.3, 0.4) is 0 Å². The lowest BCUT2D eigenvalue weighted by atomic mass is 10.0. The van der Waals surface area contributed by atoms with E-state index in [0.29, 0.717) is 28.9 Å². The molecule has 0 aliphatic rings. The quantitative estimate of drug-likeness (QED) is 0.584. The van der Waals surface area contributed by atoms with E-state index in [1.54, 1.807) is 24.3 Å². The maximum absolute atomic E-state index is 14.2. The average Bonchev–Trinajstić information content (AvgIpc) is 2.67. The van der Waals surface area contributed by atoms with Gasteiger partial charge in [0.15, 0.2) is 0 Å². The molecule has 1 amide bonds. The molecule has 2 aromatic carbocycles. The summed E-state index contributed by atoms with van der Waals surface area (Å²) in [6.07, 6.45) is 4.40. The van der Waals surface area contributed by atoms with Gasteiger partial charge in [-0.1, -0.05) is 56.5 Å². The van der Waals surface area contributed by atoms with E-state index in [1.807, 2.05) is 24.3 Å². The van der Waals surface area contributed by atoms with Crippen molar-refractivity contribution in [3.05, 3.63) is 66.0 Å². The normalized spacial score (nSPS) is 10.8. The van der Waals surface area contributed by atoms with Gasteiger partial charge in [0, 0.05) is 17.5 Å². The number of pyridine rings is 1. The number of carbonyl (C=O) groups is 1. The Bertz CT molecular complexity index is 908. The molecule has 0 aliphatic heterocycles. The monoisotopic (exact) mass is 350 g/mol. The highest BCUT2D eigenvalue weighted by Gasteiger charge is 2.15. The fourth-order valence-electron chi connectivity index (χ4n) is 3.02. The van der Waals surface area contributed by atoms with Crippen LogP contribution in [0, 0.1) is 5.82 Å². The van der Waals surface area contributed by atoms with Crippen LogP contribution >= 0.6 is 0 Å². The van der Waals surface area contributed by atoms with Crippen molar-refractivity contribution in [1.29, 1.82) is 0 Å². The first-order valence-corrected chi connectivity index (χ1v) is 9.13. The summed E-state index contributed by atoms with van der Waals surface area (Å²) in [5, 5.41) is 3.76. The molecule has 0 bridgehead atoms. The minimum Gasteiger partial charge on any atom is -0.352 e. The molecule has 1 aromatic heterocycles. The Hall–Kier alpha value is -2.75. The maximum atomic E-state index is 14.2. The molecule has 0 atom stereocenters. The highest BCUT2D eigenvalue weighted by molar-refractivity contribution is 6.07. The van der Waals surface area contributed by atoms with E-state index in [1.165, 1.54) is 12.5 Å². The zero-order valence-corrected chi connectivity index (χ0v) is 15.0. The third-order valence-electron chi connectivity index (χ3n) is 4.43. The number of benzene rings is 2. The molecule has 0 saturated heterocycles. The molecule has 4 heteroatoms. The number of carbonyl (C=O) groups excluding carboxylic acids is 1. The van der Waals surface area contributed by atoms with E-state index in [0.717, 1.165) is 24.6 Å². The molecule has 3 rings (SSSR count). The second-order valence-corrected chi connectivity index (χ2v) is 6.37. The fourth-order valence-corrected chi connectivity index (χ4v) is 3.02. The SMILES string of the molecule is CCCCCCNC(=O)c1cc(-c2ccccc2F)nc2ccccc12. The number of halogens is 1. The predicted octanol–water partition coefficient (Wildman–Crippen LogP) is 5.35. The second-order valence-electron chi connectivity index (χ2n) is 6.37. The van der Waals surface area contributed by atoms with Crippen LogP contribution in [0.2, 0.25) is 0 Å². The van der Waals surface area contributed by atoms with Crippen LogP contribution in [0.15, 0.2) is 54.6 Å². The van der Waals surface area contributed by atoms with Crippen molar-refractivity contribution in [2.45, 2.75) is 32.6 Å². The number of hydrogen-bond donors (Lipinski definition) is 1. The third-order valence-corrected chi connectivity index (χ3v) is 4.43. The van der Waals surface area contributed by atoms with Crippen molar-refractivity contribution in [2.75, 3.05) is 6.54 Å². The van der Waals surface area contributed by atoms with Crippen LogP contribution in [-0.2, 0) is 0 Å². The molecule has 1 heterocycles. The number of rotatable bonds is 7. The molecule has 0 saturated carbocycles. The zero-order chi connectivity index (χ0) is 18.4. The Morgan fingerprint density at radius 2 is 1.81 bits per heavy atom. The van der Waals surface area contributed by atoms with E-state index in [4.69, 9.17) is 0 Å². The third kappa shape index (κ3) is 4.07. The van der Waals surface area contributed by atoms with E-state index < -0.39 is 0 Å². The van der Waals surface area contributed by atoms with Crippen molar-refractivity contribution in [3.63, 3.8) is 0 Å². The first kappa shape index (κ1) is 18.1. The van der Waals surface area contributed by atoms with Gasteiger partial charge < -0.3 is 5.32 Å². The summed E-state index contributed by atoms with van der Waals surface area (Å²) in [5.41, 5.74) is 2.09. The van der Waals surface area contributed by atoms with Gasteiger partial charge in [0.25, 0.3) is 5.91 Å². The number of hydrogen-bond acceptors (Lipinski definition) is 2. The van der Waals surface area contributed by atoms with Crippen molar-refractivity contribution in [1.82, 2.24) is 10.3 Å². The highest BCUT2D eigenvalue weighted by Crippen LogP contribution is 2.26. The number of para-hydroxylation sites is 1. The fraction of sp³-hybridized carbons (Fsp3) is 0.273. The van der Waals surface area contributed by atoms with Crippen molar-refractivity contribution < 1.29 is 9.18 Å². The van der Waals surface area contributed by atoms with Crippen LogP contribution in [0.4, 0.5) is 4.39 Å². The second kappa shape index (κ2) is 8.56. The molecule has 26 heavy (non-hydrogen) atoms. The van der Waals surface area contributed by atoms with E-state index in [-0.39, 0.29) is 11.7 Å². The first-order valence-electron chi connectivity index (χ1n) is 9.13. The number of amides is 1. The molecule has 0 spiro atoms. The summed E-state index contributed by atoms with van der Waals surface area (Å²) in [4.78, 5) is 17.3. The van der Waals surface area contributed by atoms with Gasteiger partial charge in [-0.15, -0.1) is 0 Å². The maximum Gasteiger partial charge on any atom is 0.252 e. The van der Waals surface area contributed by atoms with Gasteiger partial charge in [-0.3, -0.25) is 4.79 Å². The summed E-state index contributed by atoms with van der Waals surface area (Å²) in [6, 6.07) is 15.6. The molecule has 0 radical (unpaired) electrons. The van der Waals surface area contributed by atoms with E-state index >= 15 is 0 Å². The Kier molecular flexibility index (Phi) is 5.95. The van der Waals surface area contributed by atoms with Crippen molar-refractivity contribution in [3.8, 4) is 11.3 Å². The topological polar surface area (TPSA) is 42.0 Å². The van der Waals surface area contributed by atoms with Crippen molar-refractivity contribution >= 4 is 16.8 Å². The smallest absolute Gasteiger partial charge is 0.252 e. The minimum absolute atomic E-state index is 0.141. The summed E-state index contributed by atoms with van der Waals surface area (Å²) < 4.78 is 14.2. The molecule has 0 aliphatic carbocycles. The van der Waals surface area contributed by atoms with Crippen LogP contribution in [0.1, 0.15) is 43.0 Å². The van der Waals surface area contributed by atoms with Gasteiger partial charge in [-0.2, -0.15) is 0 Å². The zero-order valence-electron chi connectivity index (χ0n) is 15.0. The van der Waals surface area contributed by atoms with Crippen LogP contribution < -0.4 is 5.32 Å². The summed E-state index contributed by atoms with van der Waals surface area (Å²) in [5.74, 6) is -0.487. The van der Waals surface area contributed by atoms with Crippen molar-refractivity contribution in [2.24, 2.45) is 0 Å². The largest absolute Gasteiger partial charge is 0.352 e. The molecule has 134 valence electrons. The van der Waals surface area contributed by atoms with Gasteiger partial charge >= 0.3 is 0 Å². The molecule has 0 unspecified atom stereocenters. The van der Waals surface area contributed by atoms with Gasteiger partial charge in [-0.25, -0.2) is 9.37 Å². The molecule has 3 aromatic rings. The molecular formula is C22H23FN2O. The molecule has 3 nitrogen and oxygen atoms in total. The summed E-state index contributed by atoms with van der Waals surface area (Å²) >= 11 is 0. The average molecular weight is 350 g/mol. The lowest BCUT2D eigenvalue weighted by Gasteiger charge is -2.11. The number of nitrogens with one attached hydrogen (secondary N) is 1. The van der Waals surface area contributed by atoms with E-state index in [9.17, 15) is 9.18 Å². The van der Waals surface area contributed by atoms with Gasteiger partial charge in [0.1, 0.15) is 5.82 Å². The first-order chi connectivity index (χ1) is 12.7. The number of unbranched alkanes of at least 4 members (excludes halogenated alkanes) is 3. The number of nitrogens with zero attached hydrogens (tertiary/aromatic N) is 1. The minimum atomic E-state index is -0.346. The number of fused-ring (bicyclic) bond motifs is 1. The lowest BCUT2D eigenvalue weighted by Crippen LogP contribution is -2.24. The van der Waals surface area contributed by atoms with Gasteiger partial charge in [-0.05, 0) is 30.7 Å². The van der Waals surface area contributed by atoms with Gasteiger partial charge in [0.2, 0.25) is 0 Å². The highest BCUT2D eigenvalue weighted by atomic mass is 19.1. The lowest BCUT2D eigenvalue weighted by molar-refractivity contribution is 0.0954. The predicted molar refractivity (Wildman–Crippen MR) is 104 cm³/mol. The Morgan fingerprint density at radius 1 is 1.04 bits per heavy atom. The van der Waals surface area contributed by atoms with Gasteiger partial charge in [0.05, 0.1) is 16.8 Å². The summed E-state index contributed by atoms with van der Waals surface area (Å²) in [7, 11) is 0. The number of aromatic nitrogens is 1.